The molecule has 1 aromatic carbocycles. The normalized spacial score (nSPS) is 17.5. The molecule has 3 heterocycles. The van der Waals surface area contributed by atoms with Crippen molar-refractivity contribution in [3.05, 3.63) is 59.0 Å². The van der Waals surface area contributed by atoms with Crippen LogP contribution in [0.2, 0.25) is 5.02 Å². The Balaban J connectivity index is 1.46. The fraction of sp³-hybridized carbons (Fsp3) is 0.316. The molecule has 6 nitrogen and oxygen atoms in total. The lowest BCUT2D eigenvalue weighted by molar-refractivity contribution is 0.154. The fourth-order valence-corrected chi connectivity index (χ4v) is 3.22. The number of rotatable bonds is 4. The van der Waals surface area contributed by atoms with Crippen molar-refractivity contribution in [2.75, 3.05) is 18.0 Å². The van der Waals surface area contributed by atoms with Gasteiger partial charge in [0.05, 0.1) is 11.7 Å². The smallest absolute Gasteiger partial charge is 0.259 e. The summed E-state index contributed by atoms with van der Waals surface area (Å²) < 4.78 is 5.37. The summed E-state index contributed by atoms with van der Waals surface area (Å²) in [5.74, 6) is 1.92. The Labute approximate surface area is 156 Å². The number of benzene rings is 1. The number of hydrogen-bond acceptors (Lipinski definition) is 6. The van der Waals surface area contributed by atoms with Crippen LogP contribution in [-0.4, -0.2) is 39.4 Å². The van der Waals surface area contributed by atoms with Crippen LogP contribution in [0.3, 0.4) is 0 Å². The minimum absolute atomic E-state index is 0.281. The highest BCUT2D eigenvalue weighted by Crippen LogP contribution is 2.22. The molecular weight excluding hydrogens is 352 g/mol. The van der Waals surface area contributed by atoms with Crippen LogP contribution in [0.5, 0.6) is 0 Å². The molecule has 7 heteroatoms. The fourth-order valence-electron chi connectivity index (χ4n) is 3.09. The zero-order valence-electron chi connectivity index (χ0n) is 14.2. The topological polar surface area (TPSA) is 75.3 Å². The molecule has 1 aliphatic heterocycles. The van der Waals surface area contributed by atoms with E-state index in [4.69, 9.17) is 16.1 Å². The van der Waals surface area contributed by atoms with Crippen molar-refractivity contribution in [1.82, 2.24) is 15.1 Å². The average molecular weight is 371 g/mol. The summed E-state index contributed by atoms with van der Waals surface area (Å²) in [5.41, 5.74) is 1.85. The van der Waals surface area contributed by atoms with E-state index in [0.29, 0.717) is 29.7 Å². The van der Waals surface area contributed by atoms with Gasteiger partial charge >= 0.3 is 0 Å². The predicted molar refractivity (Wildman–Crippen MR) is 99.2 cm³/mol. The van der Waals surface area contributed by atoms with Crippen molar-refractivity contribution in [3.63, 3.8) is 0 Å². The molecule has 1 N–H and O–H groups in total. The third-order valence-electron chi connectivity index (χ3n) is 4.46. The van der Waals surface area contributed by atoms with E-state index in [-0.39, 0.29) is 6.10 Å². The van der Waals surface area contributed by atoms with Crippen LogP contribution < -0.4 is 4.90 Å². The quantitative estimate of drug-likeness (QED) is 0.759. The third kappa shape index (κ3) is 3.86. The van der Waals surface area contributed by atoms with Crippen LogP contribution >= 0.6 is 11.6 Å². The van der Waals surface area contributed by atoms with Gasteiger partial charge in [-0.3, -0.25) is 0 Å². The largest absolute Gasteiger partial charge is 0.391 e. The number of anilines is 1. The Kier molecular flexibility index (Phi) is 4.86. The van der Waals surface area contributed by atoms with Crippen molar-refractivity contribution in [3.8, 4) is 11.5 Å². The number of nitrogens with zero attached hydrogens (tertiary/aromatic N) is 4. The van der Waals surface area contributed by atoms with Crippen LogP contribution in [0.4, 0.5) is 5.82 Å². The first kappa shape index (κ1) is 17.0. The molecule has 2 aromatic heterocycles. The van der Waals surface area contributed by atoms with Gasteiger partial charge in [0.25, 0.3) is 5.89 Å². The summed E-state index contributed by atoms with van der Waals surface area (Å²) in [6, 6.07) is 11.4. The molecule has 0 amide bonds. The number of aromatic nitrogens is 3. The molecule has 26 heavy (non-hydrogen) atoms. The maximum atomic E-state index is 9.80. The molecule has 0 saturated carbocycles. The zero-order valence-corrected chi connectivity index (χ0v) is 14.9. The molecule has 3 aromatic rings. The van der Waals surface area contributed by atoms with Crippen molar-refractivity contribution in [2.24, 2.45) is 0 Å². The molecule has 0 radical (unpaired) electrons. The van der Waals surface area contributed by atoms with Gasteiger partial charge in [-0.15, -0.1) is 0 Å². The first-order valence-electron chi connectivity index (χ1n) is 8.64. The van der Waals surface area contributed by atoms with E-state index < -0.39 is 0 Å². The number of pyridine rings is 1. The van der Waals surface area contributed by atoms with Gasteiger partial charge in [-0.05, 0) is 42.7 Å². The zero-order chi connectivity index (χ0) is 17.9. The highest BCUT2D eigenvalue weighted by atomic mass is 35.5. The van der Waals surface area contributed by atoms with Crippen molar-refractivity contribution in [2.45, 2.75) is 25.4 Å². The van der Waals surface area contributed by atoms with Crippen LogP contribution in [0, 0.1) is 0 Å². The molecule has 0 aliphatic carbocycles. The summed E-state index contributed by atoms with van der Waals surface area (Å²) >= 11 is 5.90. The Morgan fingerprint density at radius 2 is 2.04 bits per heavy atom. The highest BCUT2D eigenvalue weighted by Gasteiger charge is 2.19. The van der Waals surface area contributed by atoms with Gasteiger partial charge in [-0.2, -0.15) is 4.98 Å². The SMILES string of the molecule is OC1CCCN(c2ccc(-c3nc(Cc4ccc(Cl)cc4)no3)cn2)C1. The van der Waals surface area contributed by atoms with E-state index in [2.05, 4.69) is 20.0 Å². The summed E-state index contributed by atoms with van der Waals surface area (Å²) in [6.07, 6.45) is 3.86. The second kappa shape index (κ2) is 7.43. The minimum atomic E-state index is -0.281. The van der Waals surface area contributed by atoms with E-state index >= 15 is 0 Å². The molecule has 1 fully saturated rings. The maximum absolute atomic E-state index is 9.80. The maximum Gasteiger partial charge on any atom is 0.259 e. The summed E-state index contributed by atoms with van der Waals surface area (Å²) in [4.78, 5) is 11.0. The van der Waals surface area contributed by atoms with Crippen molar-refractivity contribution >= 4 is 17.4 Å². The number of piperidine rings is 1. The lowest BCUT2D eigenvalue weighted by Gasteiger charge is -2.30. The molecule has 1 saturated heterocycles. The van der Waals surface area contributed by atoms with Gasteiger partial charge in [-0.1, -0.05) is 28.9 Å². The molecule has 1 unspecified atom stereocenters. The van der Waals surface area contributed by atoms with Gasteiger partial charge < -0.3 is 14.5 Å². The van der Waals surface area contributed by atoms with E-state index in [0.717, 1.165) is 36.3 Å². The van der Waals surface area contributed by atoms with Gasteiger partial charge in [0, 0.05) is 30.7 Å². The molecule has 4 rings (SSSR count). The predicted octanol–water partition coefficient (Wildman–Crippen LogP) is 3.34. The monoisotopic (exact) mass is 370 g/mol. The van der Waals surface area contributed by atoms with Crippen LogP contribution in [0.1, 0.15) is 24.2 Å². The van der Waals surface area contributed by atoms with Crippen LogP contribution in [0.25, 0.3) is 11.5 Å². The summed E-state index contributed by atoms with van der Waals surface area (Å²) in [7, 11) is 0. The lowest BCUT2D eigenvalue weighted by atomic mass is 10.1. The van der Waals surface area contributed by atoms with E-state index in [1.165, 1.54) is 0 Å². The first-order valence-corrected chi connectivity index (χ1v) is 9.01. The van der Waals surface area contributed by atoms with Gasteiger partial charge in [0.2, 0.25) is 0 Å². The Hall–Kier alpha value is -2.44. The minimum Gasteiger partial charge on any atom is -0.391 e. The number of halogens is 1. The molecule has 0 spiro atoms. The van der Waals surface area contributed by atoms with E-state index in [1.807, 2.05) is 36.4 Å². The average Bonchev–Trinajstić information content (AvgIpc) is 3.12. The molecule has 134 valence electrons. The van der Waals surface area contributed by atoms with Gasteiger partial charge in [-0.25, -0.2) is 4.98 Å². The van der Waals surface area contributed by atoms with E-state index in [1.54, 1.807) is 6.20 Å². The second-order valence-electron chi connectivity index (χ2n) is 6.47. The molecule has 1 aliphatic rings. The number of aliphatic hydroxyl groups excluding tert-OH is 1. The van der Waals surface area contributed by atoms with E-state index in [9.17, 15) is 5.11 Å². The lowest BCUT2D eigenvalue weighted by Crippen LogP contribution is -2.38. The number of aliphatic hydroxyl groups is 1. The van der Waals surface area contributed by atoms with Crippen LogP contribution in [-0.2, 0) is 6.42 Å². The molecular formula is C19H19ClN4O2. The summed E-state index contributed by atoms with van der Waals surface area (Å²) in [6.45, 7) is 1.54. The second-order valence-corrected chi connectivity index (χ2v) is 6.90. The highest BCUT2D eigenvalue weighted by molar-refractivity contribution is 6.30. The van der Waals surface area contributed by atoms with Crippen LogP contribution in [0.15, 0.2) is 47.1 Å². The number of β-amino-alcohol motifs (C(OH)–C–C–N with tert-alkyl or cyclic N) is 1. The van der Waals surface area contributed by atoms with Crippen molar-refractivity contribution in [1.29, 1.82) is 0 Å². The third-order valence-corrected chi connectivity index (χ3v) is 4.71. The van der Waals surface area contributed by atoms with Crippen molar-refractivity contribution < 1.29 is 9.63 Å². The molecule has 1 atom stereocenters. The standard InChI is InChI=1S/C19H19ClN4O2/c20-15-6-3-13(4-7-15)10-17-22-19(26-23-17)14-5-8-18(21-11-14)24-9-1-2-16(25)12-24/h3-8,11,16,25H,1-2,9-10,12H2. The Morgan fingerprint density at radius 3 is 2.77 bits per heavy atom. The number of hydrogen-bond donors (Lipinski definition) is 1. The first-order chi connectivity index (χ1) is 12.7. The van der Waals surface area contributed by atoms with Gasteiger partial charge in [0.15, 0.2) is 5.82 Å². The molecule has 0 bridgehead atoms. The Bertz CT molecular complexity index is 864. The Morgan fingerprint density at radius 1 is 1.19 bits per heavy atom. The van der Waals surface area contributed by atoms with Gasteiger partial charge in [0.1, 0.15) is 5.82 Å². The summed E-state index contributed by atoms with van der Waals surface area (Å²) in [5, 5.41) is 14.5.